The van der Waals surface area contributed by atoms with E-state index >= 15 is 0 Å². The first-order valence-corrected chi connectivity index (χ1v) is 8.45. The lowest BCUT2D eigenvalue weighted by atomic mass is 10.2. The summed E-state index contributed by atoms with van der Waals surface area (Å²) in [6.07, 6.45) is 7.28. The topological polar surface area (TPSA) is 64.3 Å². The van der Waals surface area contributed by atoms with E-state index < -0.39 is 0 Å². The second-order valence-corrected chi connectivity index (χ2v) is 6.70. The zero-order valence-corrected chi connectivity index (χ0v) is 13.5. The summed E-state index contributed by atoms with van der Waals surface area (Å²) in [6.45, 7) is 5.31. The van der Waals surface area contributed by atoms with Crippen LogP contribution in [0.2, 0.25) is 0 Å². The molecule has 2 aliphatic heterocycles. The van der Waals surface area contributed by atoms with E-state index in [1.54, 1.807) is 6.20 Å². The molecule has 122 valence electrons. The summed E-state index contributed by atoms with van der Waals surface area (Å²) in [5, 5.41) is 4.01. The molecule has 0 spiro atoms. The maximum atomic E-state index is 12.6. The van der Waals surface area contributed by atoms with Gasteiger partial charge in [0.2, 0.25) is 0 Å². The second-order valence-electron chi connectivity index (χ2n) is 6.70. The van der Waals surface area contributed by atoms with E-state index in [2.05, 4.69) is 27.1 Å². The van der Waals surface area contributed by atoms with Gasteiger partial charge >= 0.3 is 6.03 Å². The Morgan fingerprint density at radius 3 is 3.04 bits per heavy atom. The number of amides is 2. The average Bonchev–Trinajstić information content (AvgIpc) is 3.26. The van der Waals surface area contributed by atoms with Gasteiger partial charge in [-0.1, -0.05) is 0 Å². The maximum absolute atomic E-state index is 12.6. The highest BCUT2D eigenvalue weighted by Gasteiger charge is 2.36. The number of urea groups is 1. The quantitative estimate of drug-likeness (QED) is 0.896. The van der Waals surface area contributed by atoms with Gasteiger partial charge in [0.15, 0.2) is 0 Å². The molecule has 0 radical (unpaired) electrons. The molecule has 4 rings (SSSR count). The van der Waals surface area contributed by atoms with Gasteiger partial charge in [0.25, 0.3) is 0 Å². The van der Waals surface area contributed by atoms with Crippen molar-refractivity contribution in [3.05, 3.63) is 24.5 Å². The molecule has 0 aliphatic carbocycles. The molecule has 2 aromatic heterocycles. The third kappa shape index (κ3) is 2.79. The van der Waals surface area contributed by atoms with Gasteiger partial charge in [-0.15, -0.1) is 0 Å². The van der Waals surface area contributed by atoms with E-state index in [-0.39, 0.29) is 12.1 Å². The molecule has 0 bridgehead atoms. The van der Waals surface area contributed by atoms with Crippen molar-refractivity contribution >= 4 is 22.8 Å². The Morgan fingerprint density at radius 1 is 1.39 bits per heavy atom. The van der Waals surface area contributed by atoms with E-state index in [1.165, 1.54) is 25.9 Å². The summed E-state index contributed by atoms with van der Waals surface area (Å²) in [6, 6.07) is 4.63. The predicted octanol–water partition coefficient (Wildman–Crippen LogP) is 2.65. The van der Waals surface area contributed by atoms with Gasteiger partial charge in [0, 0.05) is 30.2 Å². The second kappa shape index (κ2) is 5.85. The summed E-state index contributed by atoms with van der Waals surface area (Å²) < 4.78 is 0. The number of nitrogens with zero attached hydrogens (tertiary/aromatic N) is 3. The molecule has 2 aromatic rings. The molecule has 2 amide bonds. The van der Waals surface area contributed by atoms with E-state index in [0.29, 0.717) is 11.9 Å². The summed E-state index contributed by atoms with van der Waals surface area (Å²) in [4.78, 5) is 24.5. The number of H-pyrrole nitrogens is 1. The molecular formula is C17H23N5O. The number of carbonyl (C=O) groups is 1. The smallest absolute Gasteiger partial charge is 0.323 e. The summed E-state index contributed by atoms with van der Waals surface area (Å²) in [7, 11) is 0. The van der Waals surface area contributed by atoms with Gasteiger partial charge in [-0.05, 0) is 51.4 Å². The Hall–Kier alpha value is -2.08. The van der Waals surface area contributed by atoms with Crippen molar-refractivity contribution in [2.45, 2.75) is 38.3 Å². The number of aromatic nitrogens is 2. The summed E-state index contributed by atoms with van der Waals surface area (Å²) in [5.41, 5.74) is 0.978. The van der Waals surface area contributed by atoms with Crippen LogP contribution >= 0.6 is 0 Å². The minimum Gasteiger partial charge on any atom is -0.360 e. The van der Waals surface area contributed by atoms with Crippen molar-refractivity contribution in [3.8, 4) is 0 Å². The SMILES string of the molecule is CC1CC(N2CCCC2)CN1C(=O)Nc1cc2cc[nH]c2cn1. The Labute approximate surface area is 135 Å². The highest BCUT2D eigenvalue weighted by molar-refractivity contribution is 5.91. The molecule has 0 saturated carbocycles. The van der Waals surface area contributed by atoms with Crippen LogP contribution in [-0.4, -0.2) is 57.5 Å². The van der Waals surface area contributed by atoms with E-state index in [0.717, 1.165) is 23.9 Å². The minimum absolute atomic E-state index is 0.0402. The predicted molar refractivity (Wildman–Crippen MR) is 90.5 cm³/mol. The van der Waals surface area contributed by atoms with Crippen molar-refractivity contribution in [1.82, 2.24) is 19.8 Å². The van der Waals surface area contributed by atoms with Gasteiger partial charge in [-0.3, -0.25) is 10.2 Å². The normalized spacial score (nSPS) is 25.3. The molecule has 4 heterocycles. The largest absolute Gasteiger partial charge is 0.360 e. The highest BCUT2D eigenvalue weighted by Crippen LogP contribution is 2.25. The number of aromatic amines is 1. The summed E-state index contributed by atoms with van der Waals surface area (Å²) >= 11 is 0. The van der Waals surface area contributed by atoms with Crippen LogP contribution in [0, 0.1) is 0 Å². The first-order chi connectivity index (χ1) is 11.2. The zero-order valence-electron chi connectivity index (χ0n) is 13.5. The van der Waals surface area contributed by atoms with Crippen LogP contribution in [0.3, 0.4) is 0 Å². The van der Waals surface area contributed by atoms with Gasteiger partial charge in [-0.2, -0.15) is 0 Å². The van der Waals surface area contributed by atoms with E-state index in [1.807, 2.05) is 23.2 Å². The minimum atomic E-state index is -0.0402. The van der Waals surface area contributed by atoms with Crippen molar-refractivity contribution in [2.75, 3.05) is 25.0 Å². The van der Waals surface area contributed by atoms with E-state index in [4.69, 9.17) is 0 Å². The van der Waals surface area contributed by atoms with Gasteiger partial charge in [-0.25, -0.2) is 9.78 Å². The number of nitrogens with one attached hydrogen (secondary N) is 2. The zero-order chi connectivity index (χ0) is 15.8. The van der Waals surface area contributed by atoms with Crippen LogP contribution in [0.15, 0.2) is 24.5 Å². The maximum Gasteiger partial charge on any atom is 0.323 e. The van der Waals surface area contributed by atoms with Crippen LogP contribution in [0.5, 0.6) is 0 Å². The third-order valence-corrected chi connectivity index (χ3v) is 5.14. The highest BCUT2D eigenvalue weighted by atomic mass is 16.2. The molecule has 6 heteroatoms. The Morgan fingerprint density at radius 2 is 2.22 bits per heavy atom. The van der Waals surface area contributed by atoms with Crippen LogP contribution in [-0.2, 0) is 0 Å². The van der Waals surface area contributed by atoms with Crippen LogP contribution < -0.4 is 5.32 Å². The monoisotopic (exact) mass is 313 g/mol. The number of carbonyl (C=O) groups excluding carboxylic acids is 1. The number of pyridine rings is 1. The number of hydrogen-bond acceptors (Lipinski definition) is 3. The lowest BCUT2D eigenvalue weighted by molar-refractivity contribution is 0.202. The molecule has 6 nitrogen and oxygen atoms in total. The van der Waals surface area contributed by atoms with Gasteiger partial charge < -0.3 is 9.88 Å². The lowest BCUT2D eigenvalue weighted by Crippen LogP contribution is -2.40. The van der Waals surface area contributed by atoms with Gasteiger partial charge in [0.1, 0.15) is 5.82 Å². The molecular weight excluding hydrogens is 290 g/mol. The van der Waals surface area contributed by atoms with Crippen molar-refractivity contribution in [2.24, 2.45) is 0 Å². The first kappa shape index (κ1) is 14.5. The van der Waals surface area contributed by atoms with Gasteiger partial charge in [0.05, 0.1) is 11.7 Å². The van der Waals surface area contributed by atoms with Crippen molar-refractivity contribution in [3.63, 3.8) is 0 Å². The Balaban J connectivity index is 1.43. The molecule has 23 heavy (non-hydrogen) atoms. The van der Waals surface area contributed by atoms with Crippen LogP contribution in [0.1, 0.15) is 26.2 Å². The molecule has 2 atom stereocenters. The molecule has 0 aromatic carbocycles. The number of rotatable bonds is 2. The Kier molecular flexibility index (Phi) is 3.69. The fraction of sp³-hybridized carbons (Fsp3) is 0.529. The van der Waals surface area contributed by atoms with E-state index in [9.17, 15) is 4.79 Å². The molecule has 2 fully saturated rings. The fourth-order valence-electron chi connectivity index (χ4n) is 3.86. The number of anilines is 1. The molecule has 2 N–H and O–H groups in total. The lowest BCUT2D eigenvalue weighted by Gasteiger charge is -2.24. The van der Waals surface area contributed by atoms with Crippen molar-refractivity contribution in [1.29, 1.82) is 0 Å². The average molecular weight is 313 g/mol. The molecule has 2 saturated heterocycles. The standard InChI is InChI=1S/C17H23N5O/c1-12-8-14(21-6-2-3-7-21)11-22(12)17(23)20-16-9-13-4-5-18-15(13)10-19-16/h4-5,9-10,12,14,18H,2-3,6-8,11H2,1H3,(H,19,20,23). The number of likely N-dealkylation sites (tertiary alicyclic amines) is 2. The number of fused-ring (bicyclic) bond motifs is 1. The first-order valence-electron chi connectivity index (χ1n) is 8.45. The third-order valence-electron chi connectivity index (χ3n) is 5.14. The van der Waals surface area contributed by atoms with Crippen molar-refractivity contribution < 1.29 is 4.79 Å². The van der Waals surface area contributed by atoms with Crippen LogP contribution in [0.4, 0.5) is 10.6 Å². The van der Waals surface area contributed by atoms with Crippen LogP contribution in [0.25, 0.3) is 10.9 Å². The molecule has 2 aliphatic rings. The Bertz CT molecular complexity index is 706. The number of hydrogen-bond donors (Lipinski definition) is 2. The molecule has 2 unspecified atom stereocenters. The fourth-order valence-corrected chi connectivity index (χ4v) is 3.86. The summed E-state index contributed by atoms with van der Waals surface area (Å²) in [5.74, 6) is 0.610.